The van der Waals surface area contributed by atoms with Crippen LogP contribution in [0.2, 0.25) is 5.15 Å². The van der Waals surface area contributed by atoms with Gasteiger partial charge in [0.1, 0.15) is 0 Å². The quantitative estimate of drug-likeness (QED) is 0.804. The Morgan fingerprint density at radius 1 is 1.05 bits per heavy atom. The van der Waals surface area contributed by atoms with Gasteiger partial charge in [-0.15, -0.1) is 5.10 Å². The Hall–Kier alpha value is -2.66. The van der Waals surface area contributed by atoms with Crippen molar-refractivity contribution in [2.24, 2.45) is 0 Å². The molecule has 5 nitrogen and oxygen atoms in total. The fourth-order valence-corrected chi connectivity index (χ4v) is 2.23. The third kappa shape index (κ3) is 3.15. The molecule has 0 aliphatic rings. The molecule has 1 heterocycles. The van der Waals surface area contributed by atoms with Gasteiger partial charge in [-0.1, -0.05) is 65.3 Å². The molecule has 0 aliphatic heterocycles. The monoisotopic (exact) mass is 312 g/mol. The Labute approximate surface area is 132 Å². The van der Waals surface area contributed by atoms with E-state index in [1.807, 2.05) is 48.5 Å². The molecule has 1 aromatic heterocycles. The van der Waals surface area contributed by atoms with Gasteiger partial charge in [-0.2, -0.15) is 0 Å². The van der Waals surface area contributed by atoms with Crippen LogP contribution < -0.4 is 5.32 Å². The molecule has 3 aromatic rings. The van der Waals surface area contributed by atoms with E-state index in [2.05, 4.69) is 15.6 Å². The highest BCUT2D eigenvalue weighted by Crippen LogP contribution is 2.16. The molecule has 0 atom stereocenters. The second-order valence-electron chi connectivity index (χ2n) is 4.69. The molecule has 22 heavy (non-hydrogen) atoms. The van der Waals surface area contributed by atoms with Gasteiger partial charge >= 0.3 is 0 Å². The van der Waals surface area contributed by atoms with Crippen LogP contribution in [0.3, 0.4) is 0 Å². The summed E-state index contributed by atoms with van der Waals surface area (Å²) in [5.41, 5.74) is 1.83. The second kappa shape index (κ2) is 6.41. The third-order valence-corrected chi connectivity index (χ3v) is 3.47. The average molecular weight is 313 g/mol. The summed E-state index contributed by atoms with van der Waals surface area (Å²) in [4.78, 5) is 12.2. The Balaban J connectivity index is 1.77. The average Bonchev–Trinajstić information content (AvgIpc) is 2.90. The first-order chi connectivity index (χ1) is 10.7. The topological polar surface area (TPSA) is 59.8 Å². The summed E-state index contributed by atoms with van der Waals surface area (Å²) in [6.45, 7) is 0.464. The zero-order chi connectivity index (χ0) is 15.4. The molecule has 0 unspecified atom stereocenters. The number of amides is 1. The molecule has 110 valence electrons. The first-order valence-corrected chi connectivity index (χ1v) is 7.11. The van der Waals surface area contributed by atoms with Gasteiger partial charge in [0.05, 0.1) is 6.54 Å². The van der Waals surface area contributed by atoms with E-state index in [1.165, 1.54) is 4.68 Å². The molecule has 0 spiro atoms. The summed E-state index contributed by atoms with van der Waals surface area (Å²) in [6, 6.07) is 18.9. The number of benzene rings is 2. The minimum atomic E-state index is -0.379. The number of carbonyl (C=O) groups excluding carboxylic acids is 1. The van der Waals surface area contributed by atoms with Crippen molar-refractivity contribution in [3.8, 4) is 0 Å². The molecule has 0 radical (unpaired) electrons. The van der Waals surface area contributed by atoms with Crippen LogP contribution in [0.4, 0.5) is 5.69 Å². The molecular weight excluding hydrogens is 300 g/mol. The Bertz CT molecular complexity index is 771. The van der Waals surface area contributed by atoms with E-state index in [0.717, 1.165) is 5.56 Å². The van der Waals surface area contributed by atoms with Gasteiger partial charge in [0.25, 0.3) is 5.91 Å². The van der Waals surface area contributed by atoms with Crippen molar-refractivity contribution in [2.45, 2.75) is 6.54 Å². The standard InChI is InChI=1S/C16H13ClN4O/c17-15-14(16(22)18-13-9-5-2-6-10-13)19-20-21(15)11-12-7-3-1-4-8-12/h1-10H,11H2,(H,18,22). The third-order valence-electron chi connectivity index (χ3n) is 3.10. The zero-order valence-corrected chi connectivity index (χ0v) is 12.4. The van der Waals surface area contributed by atoms with Crippen LogP contribution in [0.15, 0.2) is 60.7 Å². The molecule has 2 aromatic carbocycles. The number of hydrogen-bond donors (Lipinski definition) is 1. The first kappa shape index (κ1) is 14.3. The predicted octanol–water partition coefficient (Wildman–Crippen LogP) is 3.23. The minimum absolute atomic E-state index is 0.112. The van der Waals surface area contributed by atoms with Gasteiger partial charge < -0.3 is 5.32 Å². The van der Waals surface area contributed by atoms with Gasteiger partial charge in [0, 0.05) is 5.69 Å². The molecule has 0 fully saturated rings. The van der Waals surface area contributed by atoms with Crippen molar-refractivity contribution in [1.82, 2.24) is 15.0 Å². The summed E-state index contributed by atoms with van der Waals surface area (Å²) in [5, 5.41) is 10.8. The van der Waals surface area contributed by atoms with Gasteiger partial charge in [0.15, 0.2) is 10.8 Å². The number of nitrogens with one attached hydrogen (secondary N) is 1. The maximum Gasteiger partial charge on any atom is 0.279 e. The van der Waals surface area contributed by atoms with E-state index in [4.69, 9.17) is 11.6 Å². The zero-order valence-electron chi connectivity index (χ0n) is 11.6. The molecule has 0 aliphatic carbocycles. The molecule has 1 amide bonds. The van der Waals surface area contributed by atoms with Crippen molar-refractivity contribution < 1.29 is 4.79 Å². The summed E-state index contributed by atoms with van der Waals surface area (Å²) >= 11 is 6.21. The van der Waals surface area contributed by atoms with E-state index >= 15 is 0 Å². The van der Waals surface area contributed by atoms with Gasteiger partial charge in [-0.3, -0.25) is 4.79 Å². The Morgan fingerprint density at radius 2 is 1.68 bits per heavy atom. The summed E-state index contributed by atoms with van der Waals surface area (Å²) in [7, 11) is 0. The second-order valence-corrected chi connectivity index (χ2v) is 5.05. The summed E-state index contributed by atoms with van der Waals surface area (Å²) in [5.74, 6) is -0.379. The fourth-order valence-electron chi connectivity index (χ4n) is 2.01. The van der Waals surface area contributed by atoms with E-state index in [1.54, 1.807) is 12.1 Å². The Kier molecular flexibility index (Phi) is 4.16. The molecule has 1 N–H and O–H groups in total. The van der Waals surface area contributed by atoms with Crippen molar-refractivity contribution in [3.63, 3.8) is 0 Å². The van der Waals surface area contributed by atoms with Gasteiger partial charge in [-0.05, 0) is 17.7 Å². The highest BCUT2D eigenvalue weighted by atomic mass is 35.5. The number of rotatable bonds is 4. The smallest absolute Gasteiger partial charge is 0.279 e. The molecule has 6 heteroatoms. The number of carbonyl (C=O) groups is 1. The van der Waals surface area contributed by atoms with Gasteiger partial charge in [-0.25, -0.2) is 4.68 Å². The van der Waals surface area contributed by atoms with Crippen LogP contribution in [-0.2, 0) is 6.54 Å². The van der Waals surface area contributed by atoms with Crippen LogP contribution in [0.5, 0.6) is 0 Å². The Morgan fingerprint density at radius 3 is 2.36 bits per heavy atom. The van der Waals surface area contributed by atoms with Crippen molar-refractivity contribution in [2.75, 3.05) is 5.32 Å². The summed E-state index contributed by atoms with van der Waals surface area (Å²) in [6.07, 6.45) is 0. The molecule has 3 rings (SSSR count). The summed E-state index contributed by atoms with van der Waals surface area (Å²) < 4.78 is 1.50. The van der Waals surface area contributed by atoms with Gasteiger partial charge in [0.2, 0.25) is 0 Å². The lowest BCUT2D eigenvalue weighted by Gasteiger charge is -2.04. The number of aromatic nitrogens is 3. The minimum Gasteiger partial charge on any atom is -0.320 e. The molecular formula is C16H13ClN4O. The van der Waals surface area contributed by atoms with Crippen LogP contribution in [0.25, 0.3) is 0 Å². The largest absolute Gasteiger partial charge is 0.320 e. The number of para-hydroxylation sites is 1. The van der Waals surface area contributed by atoms with E-state index < -0.39 is 0 Å². The highest BCUT2D eigenvalue weighted by molar-refractivity contribution is 6.33. The first-order valence-electron chi connectivity index (χ1n) is 6.73. The van der Waals surface area contributed by atoms with Crippen LogP contribution in [0.1, 0.15) is 16.1 Å². The number of hydrogen-bond acceptors (Lipinski definition) is 3. The number of nitrogens with zero attached hydrogens (tertiary/aromatic N) is 3. The van der Waals surface area contributed by atoms with Crippen LogP contribution in [0, 0.1) is 0 Å². The van der Waals surface area contributed by atoms with Crippen molar-refractivity contribution in [1.29, 1.82) is 0 Å². The SMILES string of the molecule is O=C(Nc1ccccc1)c1nnn(Cc2ccccc2)c1Cl. The van der Waals surface area contributed by atoms with E-state index in [9.17, 15) is 4.79 Å². The highest BCUT2D eigenvalue weighted by Gasteiger charge is 2.18. The lowest BCUT2D eigenvalue weighted by atomic mass is 10.2. The van der Waals surface area contributed by atoms with Crippen LogP contribution >= 0.6 is 11.6 Å². The predicted molar refractivity (Wildman–Crippen MR) is 85.0 cm³/mol. The van der Waals surface area contributed by atoms with Crippen molar-refractivity contribution in [3.05, 3.63) is 77.1 Å². The molecule has 0 saturated carbocycles. The maximum absolute atomic E-state index is 12.2. The molecule has 0 saturated heterocycles. The lowest BCUT2D eigenvalue weighted by molar-refractivity contribution is 0.102. The fraction of sp³-hybridized carbons (Fsp3) is 0.0625. The maximum atomic E-state index is 12.2. The lowest BCUT2D eigenvalue weighted by Crippen LogP contribution is -2.13. The number of halogens is 1. The van der Waals surface area contributed by atoms with Crippen molar-refractivity contribution >= 4 is 23.2 Å². The van der Waals surface area contributed by atoms with Crippen LogP contribution in [-0.4, -0.2) is 20.9 Å². The molecule has 0 bridgehead atoms. The van der Waals surface area contributed by atoms with E-state index in [-0.39, 0.29) is 16.8 Å². The van der Waals surface area contributed by atoms with E-state index in [0.29, 0.717) is 12.2 Å². The number of anilines is 1. The normalized spacial score (nSPS) is 10.4.